The van der Waals surface area contributed by atoms with Gasteiger partial charge in [0.1, 0.15) is 12.6 Å². The standard InChI is InChI=1S/C9H10FNO3/c10-6-3-1-2-4-8(6)14-5-7(11)9(12)13/h1-4,7H,5,11H2,(H,12,13). The lowest BCUT2D eigenvalue weighted by Gasteiger charge is -2.09. The van der Waals surface area contributed by atoms with Crippen LogP contribution in [0.4, 0.5) is 4.39 Å². The van der Waals surface area contributed by atoms with E-state index < -0.39 is 17.8 Å². The van der Waals surface area contributed by atoms with Gasteiger partial charge in [-0.3, -0.25) is 4.79 Å². The van der Waals surface area contributed by atoms with E-state index in [0.717, 1.165) is 0 Å². The molecule has 4 nitrogen and oxygen atoms in total. The molecule has 0 radical (unpaired) electrons. The van der Waals surface area contributed by atoms with Gasteiger partial charge < -0.3 is 15.6 Å². The molecule has 3 N–H and O–H groups in total. The van der Waals surface area contributed by atoms with E-state index in [4.69, 9.17) is 15.6 Å². The quantitative estimate of drug-likeness (QED) is 0.745. The summed E-state index contributed by atoms with van der Waals surface area (Å²) >= 11 is 0. The zero-order chi connectivity index (χ0) is 10.6. The minimum absolute atomic E-state index is 0.00389. The van der Waals surface area contributed by atoms with Crippen LogP contribution in [0.1, 0.15) is 0 Å². The predicted octanol–water partition coefficient (Wildman–Crippen LogP) is 0.616. The number of hydrogen-bond acceptors (Lipinski definition) is 3. The second kappa shape index (κ2) is 4.57. The Hall–Kier alpha value is -1.62. The van der Waals surface area contributed by atoms with Gasteiger partial charge in [-0.15, -0.1) is 0 Å². The molecule has 0 saturated heterocycles. The number of rotatable bonds is 4. The number of hydrogen-bond donors (Lipinski definition) is 2. The molecule has 14 heavy (non-hydrogen) atoms. The van der Waals surface area contributed by atoms with Crippen LogP contribution in [-0.2, 0) is 4.79 Å². The highest BCUT2D eigenvalue weighted by atomic mass is 19.1. The third kappa shape index (κ3) is 2.70. The van der Waals surface area contributed by atoms with Crippen LogP contribution >= 0.6 is 0 Å². The first kappa shape index (κ1) is 10.5. The number of para-hydroxylation sites is 1. The number of carboxylic acid groups (broad SMARTS) is 1. The van der Waals surface area contributed by atoms with Crippen molar-refractivity contribution in [3.05, 3.63) is 30.1 Å². The van der Waals surface area contributed by atoms with Gasteiger partial charge in [0.25, 0.3) is 0 Å². The molecule has 1 atom stereocenters. The van der Waals surface area contributed by atoms with E-state index in [-0.39, 0.29) is 12.4 Å². The molecule has 0 heterocycles. The molecule has 0 aliphatic heterocycles. The van der Waals surface area contributed by atoms with E-state index in [1.165, 1.54) is 18.2 Å². The zero-order valence-electron chi connectivity index (χ0n) is 7.31. The Balaban J connectivity index is 2.54. The molecule has 0 bridgehead atoms. The lowest BCUT2D eigenvalue weighted by molar-refractivity contribution is -0.139. The molecule has 0 spiro atoms. The first-order chi connectivity index (χ1) is 6.61. The molecule has 1 rings (SSSR count). The summed E-state index contributed by atoms with van der Waals surface area (Å²) in [5, 5.41) is 8.43. The Bertz CT molecular complexity index is 330. The summed E-state index contributed by atoms with van der Waals surface area (Å²) in [5.74, 6) is -1.71. The Kier molecular flexibility index (Phi) is 3.41. The molecule has 0 aromatic heterocycles. The summed E-state index contributed by atoms with van der Waals surface area (Å²) in [6.45, 7) is -0.254. The van der Waals surface area contributed by atoms with E-state index in [1.807, 2.05) is 0 Å². The molecule has 1 unspecified atom stereocenters. The van der Waals surface area contributed by atoms with Crippen LogP contribution in [0.2, 0.25) is 0 Å². The maximum atomic E-state index is 12.9. The second-order valence-electron chi connectivity index (χ2n) is 2.69. The van der Waals surface area contributed by atoms with E-state index in [0.29, 0.717) is 0 Å². The van der Waals surface area contributed by atoms with Crippen molar-refractivity contribution in [2.45, 2.75) is 6.04 Å². The molecule has 0 aliphatic rings. The predicted molar refractivity (Wildman–Crippen MR) is 47.5 cm³/mol. The van der Waals surface area contributed by atoms with Crippen LogP contribution in [0, 0.1) is 5.82 Å². The smallest absolute Gasteiger partial charge is 0.324 e. The fourth-order valence-electron chi connectivity index (χ4n) is 0.813. The largest absolute Gasteiger partial charge is 0.488 e. The summed E-state index contributed by atoms with van der Waals surface area (Å²) in [5.41, 5.74) is 5.17. The highest BCUT2D eigenvalue weighted by Gasteiger charge is 2.12. The highest BCUT2D eigenvalue weighted by Crippen LogP contribution is 2.15. The summed E-state index contributed by atoms with van der Waals surface area (Å²) < 4.78 is 17.8. The molecular formula is C9H10FNO3. The van der Waals surface area contributed by atoms with Gasteiger partial charge in [-0.2, -0.15) is 0 Å². The second-order valence-corrected chi connectivity index (χ2v) is 2.69. The SMILES string of the molecule is NC(COc1ccccc1F)C(=O)O. The van der Waals surface area contributed by atoms with Crippen molar-refractivity contribution in [2.75, 3.05) is 6.61 Å². The van der Waals surface area contributed by atoms with Gasteiger partial charge in [0.2, 0.25) is 0 Å². The van der Waals surface area contributed by atoms with E-state index >= 15 is 0 Å². The minimum atomic E-state index is -1.18. The monoisotopic (exact) mass is 199 g/mol. The van der Waals surface area contributed by atoms with Crippen LogP contribution in [0.25, 0.3) is 0 Å². The maximum absolute atomic E-state index is 12.9. The summed E-state index contributed by atoms with van der Waals surface area (Å²) in [4.78, 5) is 10.3. The summed E-state index contributed by atoms with van der Waals surface area (Å²) in [7, 11) is 0. The molecule has 1 aromatic rings. The van der Waals surface area contributed by atoms with Crippen LogP contribution in [0.3, 0.4) is 0 Å². The van der Waals surface area contributed by atoms with E-state index in [1.54, 1.807) is 6.07 Å². The van der Waals surface area contributed by atoms with Crippen molar-refractivity contribution in [1.82, 2.24) is 0 Å². The molecule has 0 amide bonds. The summed E-state index contributed by atoms with van der Waals surface area (Å²) in [6, 6.07) is 4.59. The fraction of sp³-hybridized carbons (Fsp3) is 0.222. The van der Waals surface area contributed by atoms with Gasteiger partial charge in [0.15, 0.2) is 11.6 Å². The molecule has 0 saturated carbocycles. The van der Waals surface area contributed by atoms with Gasteiger partial charge in [0, 0.05) is 0 Å². The third-order valence-corrected chi connectivity index (χ3v) is 1.57. The Morgan fingerprint density at radius 3 is 2.79 bits per heavy atom. The van der Waals surface area contributed by atoms with Gasteiger partial charge >= 0.3 is 5.97 Å². The number of benzene rings is 1. The summed E-state index contributed by atoms with van der Waals surface area (Å²) in [6.07, 6.45) is 0. The lowest BCUT2D eigenvalue weighted by Crippen LogP contribution is -2.36. The topological polar surface area (TPSA) is 72.5 Å². The van der Waals surface area contributed by atoms with Crippen molar-refractivity contribution in [3.63, 3.8) is 0 Å². The van der Waals surface area contributed by atoms with Crippen LogP contribution in [0.5, 0.6) is 5.75 Å². The minimum Gasteiger partial charge on any atom is -0.488 e. The first-order valence-corrected chi connectivity index (χ1v) is 3.97. The Labute approximate surface area is 80.1 Å². The fourth-order valence-corrected chi connectivity index (χ4v) is 0.813. The lowest BCUT2D eigenvalue weighted by atomic mass is 10.3. The van der Waals surface area contributed by atoms with Gasteiger partial charge in [-0.05, 0) is 12.1 Å². The van der Waals surface area contributed by atoms with Crippen LogP contribution < -0.4 is 10.5 Å². The van der Waals surface area contributed by atoms with Crippen molar-refractivity contribution in [2.24, 2.45) is 5.73 Å². The average Bonchev–Trinajstić information content (AvgIpc) is 2.16. The third-order valence-electron chi connectivity index (χ3n) is 1.57. The first-order valence-electron chi connectivity index (χ1n) is 3.97. The van der Waals surface area contributed by atoms with Crippen LogP contribution in [-0.4, -0.2) is 23.7 Å². The molecular weight excluding hydrogens is 189 g/mol. The number of carbonyl (C=O) groups is 1. The maximum Gasteiger partial charge on any atom is 0.324 e. The van der Waals surface area contributed by atoms with Crippen molar-refractivity contribution < 1.29 is 19.0 Å². The van der Waals surface area contributed by atoms with Gasteiger partial charge in [-0.25, -0.2) is 4.39 Å². The Morgan fingerprint density at radius 1 is 1.57 bits per heavy atom. The van der Waals surface area contributed by atoms with Gasteiger partial charge in [0.05, 0.1) is 0 Å². The number of halogens is 1. The molecule has 5 heteroatoms. The molecule has 76 valence electrons. The van der Waals surface area contributed by atoms with Gasteiger partial charge in [-0.1, -0.05) is 12.1 Å². The zero-order valence-corrected chi connectivity index (χ0v) is 7.31. The molecule has 1 aromatic carbocycles. The number of nitrogens with two attached hydrogens (primary N) is 1. The molecule has 0 aliphatic carbocycles. The normalized spacial score (nSPS) is 12.1. The van der Waals surface area contributed by atoms with Crippen LogP contribution in [0.15, 0.2) is 24.3 Å². The average molecular weight is 199 g/mol. The van der Waals surface area contributed by atoms with E-state index in [2.05, 4.69) is 0 Å². The van der Waals surface area contributed by atoms with Crippen molar-refractivity contribution in [1.29, 1.82) is 0 Å². The van der Waals surface area contributed by atoms with Crippen molar-refractivity contribution in [3.8, 4) is 5.75 Å². The van der Waals surface area contributed by atoms with Crippen molar-refractivity contribution >= 4 is 5.97 Å². The molecule has 0 fully saturated rings. The Morgan fingerprint density at radius 2 is 2.21 bits per heavy atom. The number of aliphatic carboxylic acids is 1. The number of ether oxygens (including phenoxy) is 1. The highest BCUT2D eigenvalue weighted by molar-refractivity contribution is 5.73. The number of carboxylic acids is 1. The van der Waals surface area contributed by atoms with E-state index in [9.17, 15) is 9.18 Å².